The highest BCUT2D eigenvalue weighted by molar-refractivity contribution is 5.82. The second-order valence-corrected chi connectivity index (χ2v) is 2.66. The van der Waals surface area contributed by atoms with E-state index in [1.807, 2.05) is 0 Å². The van der Waals surface area contributed by atoms with Gasteiger partial charge < -0.3 is 15.8 Å². The number of hydrogen-bond acceptors (Lipinski definition) is 3. The van der Waals surface area contributed by atoms with Crippen molar-refractivity contribution in [3.05, 3.63) is 0 Å². The van der Waals surface area contributed by atoms with E-state index in [0.29, 0.717) is 18.4 Å². The number of nitrogens with one attached hydrogen (secondary N) is 1. The predicted molar refractivity (Wildman–Crippen MR) is 44.8 cm³/mol. The molecular formula is C7H15N3O. The summed E-state index contributed by atoms with van der Waals surface area (Å²) in [6, 6.07) is 0.468. The van der Waals surface area contributed by atoms with Crippen molar-refractivity contribution in [1.82, 2.24) is 5.32 Å². The summed E-state index contributed by atoms with van der Waals surface area (Å²) in [6.07, 6.45) is 1.08. The normalized spacial score (nSPS) is 25.9. The molecule has 1 heterocycles. The molecule has 1 atom stereocenters. The zero-order chi connectivity index (χ0) is 8.10. The number of rotatable bonds is 3. The third kappa shape index (κ3) is 2.86. The van der Waals surface area contributed by atoms with Crippen molar-refractivity contribution in [2.75, 3.05) is 26.8 Å². The molecule has 1 aliphatic heterocycles. The second-order valence-electron chi connectivity index (χ2n) is 2.66. The third-order valence-corrected chi connectivity index (χ3v) is 1.79. The summed E-state index contributed by atoms with van der Waals surface area (Å²) < 4.78 is 5.18. The maximum Gasteiger partial charge on any atom is 0.107 e. The Morgan fingerprint density at radius 3 is 3.18 bits per heavy atom. The molecule has 0 radical (unpaired) electrons. The van der Waals surface area contributed by atoms with E-state index in [4.69, 9.17) is 10.5 Å². The fourth-order valence-electron chi connectivity index (χ4n) is 1.02. The summed E-state index contributed by atoms with van der Waals surface area (Å²) in [6.45, 7) is 2.34. The number of ether oxygens (including phenoxy) is 1. The first kappa shape index (κ1) is 8.49. The second kappa shape index (κ2) is 4.31. The first-order chi connectivity index (χ1) is 5.33. The Kier molecular flexibility index (Phi) is 3.32. The molecule has 0 bridgehead atoms. The molecule has 1 unspecified atom stereocenters. The van der Waals surface area contributed by atoms with Crippen LogP contribution < -0.4 is 11.1 Å². The maximum atomic E-state index is 5.50. The molecule has 1 rings (SSSR count). The van der Waals surface area contributed by atoms with Crippen molar-refractivity contribution in [2.24, 2.45) is 10.7 Å². The molecule has 0 aromatic rings. The number of nitrogens with two attached hydrogens (primary N) is 1. The molecule has 1 aliphatic rings. The Balaban J connectivity index is 2.11. The molecule has 1 saturated heterocycles. The van der Waals surface area contributed by atoms with Crippen molar-refractivity contribution in [2.45, 2.75) is 12.5 Å². The van der Waals surface area contributed by atoms with Gasteiger partial charge in [-0.05, 0) is 6.42 Å². The van der Waals surface area contributed by atoms with Crippen LogP contribution in [-0.2, 0) is 4.74 Å². The molecule has 64 valence electrons. The average molecular weight is 157 g/mol. The van der Waals surface area contributed by atoms with Crippen molar-refractivity contribution in [3.63, 3.8) is 0 Å². The molecule has 11 heavy (non-hydrogen) atoms. The van der Waals surface area contributed by atoms with Gasteiger partial charge in [0.15, 0.2) is 0 Å². The van der Waals surface area contributed by atoms with Gasteiger partial charge in [-0.15, -0.1) is 0 Å². The van der Waals surface area contributed by atoms with Gasteiger partial charge in [0.25, 0.3) is 0 Å². The van der Waals surface area contributed by atoms with Gasteiger partial charge in [-0.25, -0.2) is 0 Å². The minimum absolute atomic E-state index is 0.468. The fraction of sp³-hybridized carbons (Fsp3) is 0.857. The molecular weight excluding hydrogens is 142 g/mol. The van der Waals surface area contributed by atoms with Crippen molar-refractivity contribution >= 4 is 5.84 Å². The lowest BCUT2D eigenvalue weighted by Gasteiger charge is -2.08. The van der Waals surface area contributed by atoms with Crippen LogP contribution in [0.15, 0.2) is 4.99 Å². The zero-order valence-electron chi connectivity index (χ0n) is 6.84. The Bertz CT molecular complexity index is 141. The van der Waals surface area contributed by atoms with Crippen LogP contribution in [0.4, 0.5) is 0 Å². The van der Waals surface area contributed by atoms with E-state index in [0.717, 1.165) is 19.6 Å². The summed E-state index contributed by atoms with van der Waals surface area (Å²) in [5.74, 6) is 0.650. The van der Waals surface area contributed by atoms with E-state index in [1.54, 1.807) is 7.05 Å². The minimum Gasteiger partial charge on any atom is -0.386 e. The lowest BCUT2D eigenvalue weighted by Crippen LogP contribution is -2.36. The average Bonchev–Trinajstić information content (AvgIpc) is 2.52. The lowest BCUT2D eigenvalue weighted by atomic mass is 10.2. The molecule has 0 aliphatic carbocycles. The van der Waals surface area contributed by atoms with Gasteiger partial charge >= 0.3 is 0 Å². The highest BCUT2D eigenvalue weighted by Gasteiger charge is 2.14. The Morgan fingerprint density at radius 1 is 1.82 bits per heavy atom. The van der Waals surface area contributed by atoms with E-state index in [-0.39, 0.29) is 0 Å². The van der Waals surface area contributed by atoms with Crippen LogP contribution in [0.3, 0.4) is 0 Å². The number of amidine groups is 1. The minimum atomic E-state index is 0.468. The first-order valence-electron chi connectivity index (χ1n) is 3.85. The standard InChI is InChI=1S/C7H15N3O/c1-9-7(8)4-10-6-2-3-11-5-6/h6,10H,2-5H2,1H3,(H2,8,9). The molecule has 0 saturated carbocycles. The molecule has 4 nitrogen and oxygen atoms in total. The van der Waals surface area contributed by atoms with Crippen LogP contribution in [0, 0.1) is 0 Å². The van der Waals surface area contributed by atoms with Crippen LogP contribution in [0.2, 0.25) is 0 Å². The van der Waals surface area contributed by atoms with E-state index in [9.17, 15) is 0 Å². The van der Waals surface area contributed by atoms with E-state index in [1.165, 1.54) is 0 Å². The topological polar surface area (TPSA) is 59.6 Å². The van der Waals surface area contributed by atoms with Crippen molar-refractivity contribution in [1.29, 1.82) is 0 Å². The monoisotopic (exact) mass is 157 g/mol. The van der Waals surface area contributed by atoms with Crippen LogP contribution in [0.25, 0.3) is 0 Å². The first-order valence-corrected chi connectivity index (χ1v) is 3.85. The zero-order valence-corrected chi connectivity index (χ0v) is 6.84. The quantitative estimate of drug-likeness (QED) is 0.423. The predicted octanol–water partition coefficient (Wildman–Crippen LogP) is -0.648. The van der Waals surface area contributed by atoms with Crippen LogP contribution in [0.1, 0.15) is 6.42 Å². The molecule has 4 heteroatoms. The molecule has 0 aromatic carbocycles. The summed E-state index contributed by atoms with van der Waals surface area (Å²) in [4.78, 5) is 3.84. The van der Waals surface area contributed by atoms with E-state index in [2.05, 4.69) is 10.3 Å². The highest BCUT2D eigenvalue weighted by atomic mass is 16.5. The Morgan fingerprint density at radius 2 is 2.64 bits per heavy atom. The molecule has 0 amide bonds. The summed E-state index contributed by atoms with van der Waals surface area (Å²) in [7, 11) is 1.70. The van der Waals surface area contributed by atoms with Gasteiger partial charge in [0.05, 0.1) is 13.2 Å². The van der Waals surface area contributed by atoms with E-state index < -0.39 is 0 Å². The Hall–Kier alpha value is -0.610. The maximum absolute atomic E-state index is 5.50. The third-order valence-electron chi connectivity index (χ3n) is 1.79. The van der Waals surface area contributed by atoms with Crippen molar-refractivity contribution < 1.29 is 4.74 Å². The van der Waals surface area contributed by atoms with E-state index >= 15 is 0 Å². The van der Waals surface area contributed by atoms with Gasteiger partial charge in [0.2, 0.25) is 0 Å². The van der Waals surface area contributed by atoms with Gasteiger partial charge in [-0.3, -0.25) is 4.99 Å². The molecule has 0 aromatic heterocycles. The summed E-state index contributed by atoms with van der Waals surface area (Å²) in [5.41, 5.74) is 5.50. The molecule has 0 spiro atoms. The SMILES string of the molecule is CN=C(N)CNC1CCOC1. The largest absolute Gasteiger partial charge is 0.386 e. The smallest absolute Gasteiger partial charge is 0.107 e. The summed E-state index contributed by atoms with van der Waals surface area (Å²) in [5, 5.41) is 3.25. The van der Waals surface area contributed by atoms with Crippen LogP contribution >= 0.6 is 0 Å². The van der Waals surface area contributed by atoms with Gasteiger partial charge in [0, 0.05) is 19.7 Å². The number of nitrogens with zero attached hydrogens (tertiary/aromatic N) is 1. The van der Waals surface area contributed by atoms with Crippen LogP contribution in [0.5, 0.6) is 0 Å². The fourth-order valence-corrected chi connectivity index (χ4v) is 1.02. The van der Waals surface area contributed by atoms with Gasteiger partial charge in [0.1, 0.15) is 5.84 Å². The summed E-state index contributed by atoms with van der Waals surface area (Å²) >= 11 is 0. The molecule has 3 N–H and O–H groups in total. The number of hydrogen-bond donors (Lipinski definition) is 2. The molecule has 1 fully saturated rings. The van der Waals surface area contributed by atoms with Gasteiger partial charge in [-0.2, -0.15) is 0 Å². The Labute approximate surface area is 66.8 Å². The van der Waals surface area contributed by atoms with Crippen molar-refractivity contribution in [3.8, 4) is 0 Å². The number of aliphatic imine (C=N–C) groups is 1. The van der Waals surface area contributed by atoms with Gasteiger partial charge in [-0.1, -0.05) is 0 Å². The highest BCUT2D eigenvalue weighted by Crippen LogP contribution is 2.01. The lowest BCUT2D eigenvalue weighted by molar-refractivity contribution is 0.190. The van der Waals surface area contributed by atoms with Crippen LogP contribution in [-0.4, -0.2) is 38.7 Å².